The Morgan fingerprint density at radius 3 is 2.13 bits per heavy atom. The quantitative estimate of drug-likeness (QED) is 0.607. The Hall–Kier alpha value is -3.40. The third-order valence-corrected chi connectivity index (χ3v) is 6.05. The van der Waals surface area contributed by atoms with Crippen molar-refractivity contribution < 1.29 is 9.59 Å². The maximum Gasteiger partial charge on any atom is 0.223 e. The van der Waals surface area contributed by atoms with Crippen LogP contribution < -0.4 is 5.32 Å². The van der Waals surface area contributed by atoms with E-state index in [0.717, 1.165) is 23.1 Å². The average Bonchev–Trinajstić information content (AvgIpc) is 3.13. The number of nitrogens with zero attached hydrogens (tertiary/aromatic N) is 1. The molecule has 1 unspecified atom stereocenters. The summed E-state index contributed by atoms with van der Waals surface area (Å²) in [5.74, 6) is 0.0934. The Morgan fingerprint density at radius 2 is 1.52 bits per heavy atom. The second kappa shape index (κ2) is 9.61. The SMILES string of the molecule is Cc1ccccc1CN1C(=O)CCC1CC(=O)NC(c1ccccc1)c1ccccc1. The molecule has 0 bridgehead atoms. The Kier molecular flexibility index (Phi) is 6.46. The van der Waals surface area contributed by atoms with Gasteiger partial charge in [0.2, 0.25) is 11.8 Å². The van der Waals surface area contributed by atoms with Crippen LogP contribution in [0.2, 0.25) is 0 Å². The summed E-state index contributed by atoms with van der Waals surface area (Å²) >= 11 is 0. The zero-order valence-electron chi connectivity index (χ0n) is 17.8. The summed E-state index contributed by atoms with van der Waals surface area (Å²) in [7, 11) is 0. The molecule has 4 heteroatoms. The zero-order valence-corrected chi connectivity index (χ0v) is 17.8. The highest BCUT2D eigenvalue weighted by atomic mass is 16.2. The van der Waals surface area contributed by atoms with Gasteiger partial charge in [-0.25, -0.2) is 0 Å². The molecule has 2 amide bonds. The number of carbonyl (C=O) groups excluding carboxylic acids is 2. The minimum Gasteiger partial charge on any atom is -0.345 e. The van der Waals surface area contributed by atoms with E-state index >= 15 is 0 Å². The van der Waals surface area contributed by atoms with E-state index in [1.54, 1.807) is 0 Å². The molecule has 0 aliphatic carbocycles. The first-order chi connectivity index (χ1) is 15.1. The van der Waals surface area contributed by atoms with Crippen LogP contribution in [0.25, 0.3) is 0 Å². The fraction of sp³-hybridized carbons (Fsp3) is 0.259. The summed E-state index contributed by atoms with van der Waals surface area (Å²) < 4.78 is 0. The number of rotatable bonds is 7. The summed E-state index contributed by atoms with van der Waals surface area (Å²) in [5.41, 5.74) is 4.39. The molecule has 0 radical (unpaired) electrons. The molecule has 1 aliphatic heterocycles. The van der Waals surface area contributed by atoms with E-state index in [4.69, 9.17) is 0 Å². The minimum absolute atomic E-state index is 0.0350. The lowest BCUT2D eigenvalue weighted by Gasteiger charge is -2.27. The lowest BCUT2D eigenvalue weighted by Crippen LogP contribution is -2.38. The highest BCUT2D eigenvalue weighted by Crippen LogP contribution is 2.26. The van der Waals surface area contributed by atoms with Gasteiger partial charge in [-0.3, -0.25) is 9.59 Å². The highest BCUT2D eigenvalue weighted by molar-refractivity contribution is 5.82. The van der Waals surface area contributed by atoms with E-state index in [1.807, 2.05) is 77.7 Å². The molecule has 1 N–H and O–H groups in total. The predicted octanol–water partition coefficient (Wildman–Crippen LogP) is 4.78. The number of benzene rings is 3. The molecule has 31 heavy (non-hydrogen) atoms. The molecule has 1 fully saturated rings. The average molecular weight is 413 g/mol. The molecule has 4 rings (SSSR count). The van der Waals surface area contributed by atoms with Gasteiger partial charge in [0.15, 0.2) is 0 Å². The second-order valence-corrected chi connectivity index (χ2v) is 8.17. The molecule has 0 aromatic heterocycles. The van der Waals surface area contributed by atoms with Crippen LogP contribution in [0.3, 0.4) is 0 Å². The molecule has 4 nitrogen and oxygen atoms in total. The first kappa shape index (κ1) is 20.9. The van der Waals surface area contributed by atoms with E-state index < -0.39 is 0 Å². The Balaban J connectivity index is 1.48. The molecule has 1 saturated heterocycles. The van der Waals surface area contributed by atoms with Crippen LogP contribution in [0, 0.1) is 6.92 Å². The molecule has 1 aliphatic rings. The van der Waals surface area contributed by atoms with E-state index in [0.29, 0.717) is 19.4 Å². The Labute approximate surface area is 183 Å². The third-order valence-electron chi connectivity index (χ3n) is 6.05. The predicted molar refractivity (Wildman–Crippen MR) is 122 cm³/mol. The van der Waals surface area contributed by atoms with Gasteiger partial charge in [-0.2, -0.15) is 0 Å². The van der Waals surface area contributed by atoms with Gasteiger partial charge in [0.25, 0.3) is 0 Å². The summed E-state index contributed by atoms with van der Waals surface area (Å²) in [6, 6.07) is 27.8. The van der Waals surface area contributed by atoms with Crippen molar-refractivity contribution in [1.29, 1.82) is 0 Å². The van der Waals surface area contributed by atoms with Crippen molar-refractivity contribution in [2.45, 2.75) is 44.8 Å². The molecule has 158 valence electrons. The van der Waals surface area contributed by atoms with Crippen LogP contribution in [0.5, 0.6) is 0 Å². The number of likely N-dealkylation sites (tertiary alicyclic amines) is 1. The maximum absolute atomic E-state index is 13.1. The number of amides is 2. The number of aryl methyl sites for hydroxylation is 1. The van der Waals surface area contributed by atoms with Crippen LogP contribution in [0.15, 0.2) is 84.9 Å². The molecule has 0 spiro atoms. The molecule has 1 heterocycles. The fourth-order valence-corrected chi connectivity index (χ4v) is 4.28. The van der Waals surface area contributed by atoms with Crippen LogP contribution in [0.1, 0.15) is 47.6 Å². The Morgan fingerprint density at radius 1 is 0.935 bits per heavy atom. The standard InChI is InChI=1S/C27H28N2O2/c1-20-10-8-9-15-23(20)19-29-24(16-17-26(29)31)18-25(30)28-27(21-11-4-2-5-12-21)22-13-6-3-7-14-22/h2-15,24,27H,16-19H2,1H3,(H,28,30). The van der Waals surface area contributed by atoms with Gasteiger partial charge in [-0.15, -0.1) is 0 Å². The topological polar surface area (TPSA) is 49.4 Å². The summed E-state index contributed by atoms with van der Waals surface area (Å²) in [5, 5.41) is 3.21. The van der Waals surface area contributed by atoms with E-state index in [-0.39, 0.29) is 23.9 Å². The van der Waals surface area contributed by atoms with Crippen molar-refractivity contribution in [3.05, 3.63) is 107 Å². The first-order valence-electron chi connectivity index (χ1n) is 10.8. The normalized spacial score (nSPS) is 16.0. The van der Waals surface area contributed by atoms with E-state index in [9.17, 15) is 9.59 Å². The summed E-state index contributed by atoms with van der Waals surface area (Å²) in [6.07, 6.45) is 1.54. The largest absolute Gasteiger partial charge is 0.345 e. The lowest BCUT2D eigenvalue weighted by molar-refractivity contribution is -0.130. The van der Waals surface area contributed by atoms with Gasteiger partial charge in [0.1, 0.15) is 0 Å². The van der Waals surface area contributed by atoms with Gasteiger partial charge < -0.3 is 10.2 Å². The Bertz CT molecular complexity index is 994. The smallest absolute Gasteiger partial charge is 0.223 e. The summed E-state index contributed by atoms with van der Waals surface area (Å²) in [6.45, 7) is 2.62. The number of nitrogens with one attached hydrogen (secondary N) is 1. The van der Waals surface area contributed by atoms with E-state index in [2.05, 4.69) is 24.4 Å². The summed E-state index contributed by atoms with van der Waals surface area (Å²) in [4.78, 5) is 27.5. The molecular formula is C27H28N2O2. The van der Waals surface area contributed by atoms with Crippen molar-refractivity contribution in [1.82, 2.24) is 10.2 Å². The van der Waals surface area contributed by atoms with Gasteiger partial charge in [0.05, 0.1) is 6.04 Å². The van der Waals surface area contributed by atoms with E-state index in [1.165, 1.54) is 5.56 Å². The second-order valence-electron chi connectivity index (χ2n) is 8.17. The van der Waals surface area contributed by atoms with Crippen molar-refractivity contribution in [3.63, 3.8) is 0 Å². The van der Waals surface area contributed by atoms with Crippen molar-refractivity contribution in [2.75, 3.05) is 0 Å². The van der Waals surface area contributed by atoms with Crippen LogP contribution in [0.4, 0.5) is 0 Å². The van der Waals surface area contributed by atoms with Crippen molar-refractivity contribution in [3.8, 4) is 0 Å². The van der Waals surface area contributed by atoms with Gasteiger partial charge in [-0.05, 0) is 35.6 Å². The van der Waals surface area contributed by atoms with Gasteiger partial charge >= 0.3 is 0 Å². The highest BCUT2D eigenvalue weighted by Gasteiger charge is 2.33. The molecular weight excluding hydrogens is 384 g/mol. The maximum atomic E-state index is 13.1. The molecule has 1 atom stereocenters. The monoisotopic (exact) mass is 412 g/mol. The van der Waals surface area contributed by atoms with Gasteiger partial charge in [-0.1, -0.05) is 84.9 Å². The lowest BCUT2D eigenvalue weighted by atomic mass is 9.98. The minimum atomic E-state index is -0.211. The third kappa shape index (κ3) is 5.02. The molecule has 0 saturated carbocycles. The van der Waals surface area contributed by atoms with Crippen LogP contribution >= 0.6 is 0 Å². The first-order valence-corrected chi connectivity index (χ1v) is 10.8. The number of carbonyl (C=O) groups is 2. The van der Waals surface area contributed by atoms with Gasteiger partial charge in [0, 0.05) is 25.4 Å². The number of hydrogen-bond donors (Lipinski definition) is 1. The fourth-order valence-electron chi connectivity index (χ4n) is 4.28. The van der Waals surface area contributed by atoms with Crippen LogP contribution in [-0.2, 0) is 16.1 Å². The molecule has 3 aromatic carbocycles. The number of hydrogen-bond acceptors (Lipinski definition) is 2. The molecule has 3 aromatic rings. The van der Waals surface area contributed by atoms with Crippen molar-refractivity contribution in [2.24, 2.45) is 0 Å². The van der Waals surface area contributed by atoms with Crippen molar-refractivity contribution >= 4 is 11.8 Å². The zero-order chi connectivity index (χ0) is 21.6. The van der Waals surface area contributed by atoms with Crippen LogP contribution in [-0.4, -0.2) is 22.8 Å².